The molecule has 0 amide bonds. The van der Waals surface area contributed by atoms with Gasteiger partial charge in [-0.15, -0.1) is 0 Å². The van der Waals surface area contributed by atoms with E-state index in [2.05, 4.69) is 25.8 Å². The number of hydrogen-bond acceptors (Lipinski definition) is 3. The van der Waals surface area contributed by atoms with E-state index < -0.39 is 0 Å². The quantitative estimate of drug-likeness (QED) is 0.614. The minimum absolute atomic E-state index is 0.364. The highest BCUT2D eigenvalue weighted by Gasteiger charge is 2.17. The van der Waals surface area contributed by atoms with Gasteiger partial charge in [-0.1, -0.05) is 0 Å². The van der Waals surface area contributed by atoms with E-state index in [1.807, 2.05) is 26.8 Å². The zero-order chi connectivity index (χ0) is 15.7. The summed E-state index contributed by atoms with van der Waals surface area (Å²) >= 11 is 0. The van der Waals surface area contributed by atoms with Gasteiger partial charge in [0.05, 0.1) is 5.56 Å². The summed E-state index contributed by atoms with van der Waals surface area (Å²) in [5.74, 6) is 0.303. The second kappa shape index (κ2) is 5.68. The average Bonchev–Trinajstić information content (AvgIpc) is 2.48. The van der Waals surface area contributed by atoms with Crippen LogP contribution in [0.3, 0.4) is 0 Å². The van der Waals surface area contributed by atoms with E-state index in [0.29, 0.717) is 11.3 Å². The number of carbonyl (C=O) groups excluding carboxylic acids is 1. The molecule has 1 aromatic heterocycles. The van der Waals surface area contributed by atoms with Gasteiger partial charge in [0, 0.05) is 11.9 Å². The van der Waals surface area contributed by atoms with Crippen LogP contribution in [0.1, 0.15) is 43.9 Å². The highest BCUT2D eigenvalue weighted by atomic mass is 16.5. The first-order chi connectivity index (χ1) is 9.82. The minimum atomic E-state index is -0.364. The number of rotatable bonds is 2. The Kier molecular flexibility index (Phi) is 4.12. The van der Waals surface area contributed by atoms with Crippen LogP contribution in [0.5, 0.6) is 5.75 Å². The molecule has 0 radical (unpaired) electrons. The number of benzene rings is 1. The Hall–Kier alpha value is -2.16. The molecule has 0 saturated carbocycles. The first-order valence-corrected chi connectivity index (χ1v) is 7.04. The molecule has 0 aliphatic carbocycles. The van der Waals surface area contributed by atoms with Gasteiger partial charge in [0.15, 0.2) is 0 Å². The molecule has 3 heteroatoms. The molecule has 110 valence electrons. The van der Waals surface area contributed by atoms with Crippen molar-refractivity contribution < 1.29 is 9.53 Å². The highest BCUT2D eigenvalue weighted by molar-refractivity contribution is 5.91. The third-order valence-corrected chi connectivity index (χ3v) is 4.27. The van der Waals surface area contributed by atoms with Crippen molar-refractivity contribution in [2.24, 2.45) is 0 Å². The Bertz CT molecular complexity index is 671. The van der Waals surface area contributed by atoms with Crippen molar-refractivity contribution >= 4 is 5.97 Å². The van der Waals surface area contributed by atoms with Crippen molar-refractivity contribution in [1.82, 2.24) is 4.98 Å². The van der Waals surface area contributed by atoms with Gasteiger partial charge in [-0.2, -0.15) is 0 Å². The maximum Gasteiger partial charge on any atom is 0.345 e. The largest absolute Gasteiger partial charge is 0.422 e. The molecule has 2 rings (SSSR count). The summed E-state index contributed by atoms with van der Waals surface area (Å²) < 4.78 is 5.64. The third kappa shape index (κ3) is 2.82. The van der Waals surface area contributed by atoms with Crippen LogP contribution >= 0.6 is 0 Å². The Morgan fingerprint density at radius 1 is 0.857 bits per heavy atom. The van der Waals surface area contributed by atoms with E-state index in [9.17, 15) is 4.79 Å². The Morgan fingerprint density at radius 2 is 1.38 bits per heavy atom. The van der Waals surface area contributed by atoms with Gasteiger partial charge in [0.25, 0.3) is 0 Å². The maximum absolute atomic E-state index is 12.3. The second-order valence-corrected chi connectivity index (χ2v) is 5.53. The number of pyridine rings is 1. The topological polar surface area (TPSA) is 39.2 Å². The predicted molar refractivity (Wildman–Crippen MR) is 84.1 cm³/mol. The molecule has 0 saturated heterocycles. The van der Waals surface area contributed by atoms with Crippen molar-refractivity contribution in [1.29, 1.82) is 0 Å². The van der Waals surface area contributed by atoms with Crippen LogP contribution in [0.4, 0.5) is 0 Å². The molecule has 0 atom stereocenters. The molecule has 0 N–H and O–H groups in total. The zero-order valence-electron chi connectivity index (χ0n) is 13.5. The van der Waals surface area contributed by atoms with Crippen LogP contribution in [-0.4, -0.2) is 11.0 Å². The fourth-order valence-corrected chi connectivity index (χ4v) is 2.36. The van der Waals surface area contributed by atoms with E-state index in [0.717, 1.165) is 16.8 Å². The molecule has 0 fully saturated rings. The molecular weight excluding hydrogens is 262 g/mol. The van der Waals surface area contributed by atoms with Crippen LogP contribution in [0.15, 0.2) is 18.3 Å². The molecule has 2 aromatic rings. The van der Waals surface area contributed by atoms with Gasteiger partial charge in [-0.05, 0) is 81.5 Å². The van der Waals surface area contributed by atoms with Crippen LogP contribution in [0, 0.1) is 41.5 Å². The van der Waals surface area contributed by atoms with Gasteiger partial charge in [0.2, 0.25) is 0 Å². The Morgan fingerprint density at radius 3 is 1.86 bits per heavy atom. The molecule has 0 aliphatic rings. The van der Waals surface area contributed by atoms with Gasteiger partial charge in [-0.25, -0.2) is 4.79 Å². The van der Waals surface area contributed by atoms with Crippen LogP contribution in [-0.2, 0) is 0 Å². The normalized spacial score (nSPS) is 10.6. The number of aryl methyl sites for hydroxylation is 1. The Balaban J connectivity index is 2.40. The van der Waals surface area contributed by atoms with Gasteiger partial charge in [0.1, 0.15) is 5.75 Å². The van der Waals surface area contributed by atoms with Crippen molar-refractivity contribution in [2.75, 3.05) is 0 Å². The van der Waals surface area contributed by atoms with Crippen LogP contribution < -0.4 is 4.74 Å². The number of aromatic nitrogens is 1. The third-order valence-electron chi connectivity index (χ3n) is 4.27. The Labute approximate surface area is 126 Å². The lowest BCUT2D eigenvalue weighted by Gasteiger charge is -2.18. The number of carbonyl (C=O) groups is 1. The standard InChI is InChI=1S/C18H21NO2/c1-10-7-8-16(9-19-10)18(20)21-17-14(5)12(3)11(2)13(4)15(17)6/h7-9H,1-6H3. The van der Waals surface area contributed by atoms with Crippen molar-refractivity contribution in [3.05, 3.63) is 57.4 Å². The van der Waals surface area contributed by atoms with Crippen LogP contribution in [0.25, 0.3) is 0 Å². The highest BCUT2D eigenvalue weighted by Crippen LogP contribution is 2.32. The lowest BCUT2D eigenvalue weighted by molar-refractivity contribution is 0.0731. The summed E-state index contributed by atoms with van der Waals surface area (Å²) in [5.41, 5.74) is 6.97. The first kappa shape index (κ1) is 15.2. The van der Waals surface area contributed by atoms with Gasteiger partial charge in [-0.3, -0.25) is 4.98 Å². The van der Waals surface area contributed by atoms with E-state index >= 15 is 0 Å². The minimum Gasteiger partial charge on any atom is -0.422 e. The molecular formula is C18H21NO2. The van der Waals surface area contributed by atoms with Crippen molar-refractivity contribution in [2.45, 2.75) is 41.5 Å². The molecule has 0 aliphatic heterocycles. The summed E-state index contributed by atoms with van der Waals surface area (Å²) in [4.78, 5) is 16.4. The predicted octanol–water partition coefficient (Wildman–Crippen LogP) is 4.15. The number of hydrogen-bond donors (Lipinski definition) is 0. The van der Waals surface area contributed by atoms with Crippen molar-refractivity contribution in [3.63, 3.8) is 0 Å². The molecule has 0 spiro atoms. The fraction of sp³-hybridized carbons (Fsp3) is 0.333. The van der Waals surface area contributed by atoms with Gasteiger partial charge >= 0.3 is 5.97 Å². The molecule has 1 aromatic carbocycles. The smallest absolute Gasteiger partial charge is 0.345 e. The van der Waals surface area contributed by atoms with E-state index in [-0.39, 0.29) is 5.97 Å². The van der Waals surface area contributed by atoms with Gasteiger partial charge < -0.3 is 4.74 Å². The summed E-state index contributed by atoms with van der Waals surface area (Å²) in [6.07, 6.45) is 1.55. The van der Waals surface area contributed by atoms with E-state index in [1.165, 1.54) is 16.7 Å². The second-order valence-electron chi connectivity index (χ2n) is 5.53. The monoisotopic (exact) mass is 283 g/mol. The lowest BCUT2D eigenvalue weighted by atomic mass is 9.94. The summed E-state index contributed by atoms with van der Waals surface area (Å²) in [7, 11) is 0. The molecule has 0 unspecified atom stereocenters. The molecule has 0 bridgehead atoms. The average molecular weight is 283 g/mol. The molecule has 1 heterocycles. The summed E-state index contributed by atoms with van der Waals surface area (Å²) in [6.45, 7) is 12.1. The molecule has 21 heavy (non-hydrogen) atoms. The number of esters is 1. The lowest BCUT2D eigenvalue weighted by Crippen LogP contribution is -2.12. The number of ether oxygens (including phenoxy) is 1. The SMILES string of the molecule is Cc1ccc(C(=O)Oc2c(C)c(C)c(C)c(C)c2C)cn1. The van der Waals surface area contributed by atoms with Crippen LogP contribution in [0.2, 0.25) is 0 Å². The summed E-state index contributed by atoms with van der Waals surface area (Å²) in [6, 6.07) is 3.55. The van der Waals surface area contributed by atoms with E-state index in [4.69, 9.17) is 4.74 Å². The van der Waals surface area contributed by atoms with Crippen molar-refractivity contribution in [3.8, 4) is 5.75 Å². The first-order valence-electron chi connectivity index (χ1n) is 7.04. The maximum atomic E-state index is 12.3. The number of nitrogens with zero attached hydrogens (tertiary/aromatic N) is 1. The fourth-order valence-electron chi connectivity index (χ4n) is 2.36. The summed E-state index contributed by atoms with van der Waals surface area (Å²) in [5, 5.41) is 0. The molecule has 3 nitrogen and oxygen atoms in total. The van der Waals surface area contributed by atoms with E-state index in [1.54, 1.807) is 12.3 Å². The zero-order valence-corrected chi connectivity index (χ0v) is 13.5.